The standard InChI is InChI=1S/C20H17ClN4O3.C12H12ClNO3.C8H7N3O/c1-12(26)16(9-14-5-8-18(23-2)17(21)10-14)20(28)25-24-19(27)15-6-3-13(11-22)4-7-15;1-7(15)9(12(16)17)5-8-3-4-11(14-2)10(13)6-8;1-10-7-4-2-6(3-5-7)8(12)11-9/h3-8,10,12,16,26H,9H2,1H3,(H,24,27)(H,25,28);3-4,6-7,9,15H,5H2,1H3,(H,16,17);2-5H,9H2,(H,11,12)/t12-,16+;7-,9+;/m00./s1. The van der Waals surface area contributed by atoms with Gasteiger partial charge in [-0.05, 0) is 62.1 Å². The van der Waals surface area contributed by atoms with Gasteiger partial charge in [0.2, 0.25) is 17.3 Å². The van der Waals surface area contributed by atoms with Crippen molar-refractivity contribution in [1.82, 2.24) is 16.3 Å². The number of nitrogens with zero attached hydrogens (tertiary/aromatic N) is 4. The molecule has 3 amide bonds. The van der Waals surface area contributed by atoms with Crippen LogP contribution in [0, 0.1) is 42.9 Å². The second-order valence-electron chi connectivity index (χ2n) is 12.0. The van der Waals surface area contributed by atoms with Gasteiger partial charge in [0.05, 0.1) is 55.4 Å². The van der Waals surface area contributed by atoms with E-state index in [1.165, 1.54) is 38.1 Å². The van der Waals surface area contributed by atoms with Crippen LogP contribution < -0.4 is 22.1 Å². The van der Waals surface area contributed by atoms with Crippen molar-refractivity contribution in [2.75, 3.05) is 0 Å². The molecule has 15 nitrogen and oxygen atoms in total. The van der Waals surface area contributed by atoms with E-state index >= 15 is 0 Å². The number of aliphatic hydroxyl groups is 2. The number of nitrogen functional groups attached to an aromatic ring is 1. The number of carboxylic acids is 1. The maximum atomic E-state index is 12.4. The third kappa shape index (κ3) is 14.7. The summed E-state index contributed by atoms with van der Waals surface area (Å²) in [5.74, 6) is 0.685. The first kappa shape index (κ1) is 46.3. The molecule has 0 fully saturated rings. The van der Waals surface area contributed by atoms with Crippen LogP contribution in [0.25, 0.3) is 14.5 Å². The zero-order chi connectivity index (χ0) is 42.7. The van der Waals surface area contributed by atoms with Crippen molar-refractivity contribution in [3.63, 3.8) is 0 Å². The summed E-state index contributed by atoms with van der Waals surface area (Å²) in [6, 6.07) is 23.7. The maximum absolute atomic E-state index is 12.4. The average molecular weight is 812 g/mol. The number of halogens is 2. The van der Waals surface area contributed by atoms with Crippen molar-refractivity contribution in [3.05, 3.63) is 157 Å². The van der Waals surface area contributed by atoms with Gasteiger partial charge in [0.15, 0.2) is 5.69 Å². The minimum atomic E-state index is -1.05. The maximum Gasteiger partial charge on any atom is 0.309 e. The van der Waals surface area contributed by atoms with Crippen LogP contribution in [0.3, 0.4) is 0 Å². The molecular formula is C40H36Cl2N8O7. The SMILES string of the molecule is [C-]#[N+]c1ccc(C(=O)NN)cc1.[C-]#[N+]c1ccc(C[C@@H](C(=O)NNC(=O)c2ccc(C#N)cc2)[C@H](C)O)cc1Cl.[C-]#[N+]c1ccc(C[C@@H](C(=O)O)[C@H](C)O)cc1Cl. The molecular weight excluding hydrogens is 775 g/mol. The first-order valence-corrected chi connectivity index (χ1v) is 17.3. The normalized spacial score (nSPS) is 11.9. The van der Waals surface area contributed by atoms with Crippen LogP contribution in [0.1, 0.15) is 51.3 Å². The van der Waals surface area contributed by atoms with E-state index in [4.69, 9.17) is 59.1 Å². The number of aliphatic hydroxyl groups excluding tert-OH is 2. The average Bonchev–Trinajstić information content (AvgIpc) is 3.20. The zero-order valence-electron chi connectivity index (χ0n) is 30.4. The molecule has 0 aromatic heterocycles. The third-order valence-electron chi connectivity index (χ3n) is 7.96. The number of carbonyl (C=O) groups excluding carboxylic acids is 3. The van der Waals surface area contributed by atoms with Crippen LogP contribution in [0.2, 0.25) is 10.0 Å². The Labute approximate surface area is 338 Å². The van der Waals surface area contributed by atoms with Gasteiger partial charge in [0.25, 0.3) is 11.8 Å². The fraction of sp³-hybridized carbons (Fsp3) is 0.200. The Morgan fingerprint density at radius 1 is 0.719 bits per heavy atom. The number of nitriles is 1. The number of benzene rings is 4. The number of aliphatic carboxylic acids is 1. The summed E-state index contributed by atoms with van der Waals surface area (Å²) in [5, 5.41) is 37.6. The number of hydrogen-bond acceptors (Lipinski definition) is 8. The van der Waals surface area contributed by atoms with E-state index in [2.05, 4.69) is 25.4 Å². The van der Waals surface area contributed by atoms with Crippen LogP contribution in [-0.2, 0) is 22.4 Å². The van der Waals surface area contributed by atoms with Crippen molar-refractivity contribution in [3.8, 4) is 6.07 Å². The Bertz CT molecular complexity index is 2220. The van der Waals surface area contributed by atoms with Crippen molar-refractivity contribution in [2.24, 2.45) is 17.7 Å². The summed E-state index contributed by atoms with van der Waals surface area (Å²) in [6.45, 7) is 23.4. The Balaban J connectivity index is 0.000000327. The predicted molar refractivity (Wildman–Crippen MR) is 212 cm³/mol. The first-order chi connectivity index (χ1) is 27.1. The van der Waals surface area contributed by atoms with Gasteiger partial charge < -0.3 is 15.3 Å². The zero-order valence-corrected chi connectivity index (χ0v) is 31.9. The van der Waals surface area contributed by atoms with Gasteiger partial charge in [-0.2, -0.15) is 5.26 Å². The highest BCUT2D eigenvalue weighted by atomic mass is 35.5. The number of rotatable bonds is 10. The molecule has 0 spiro atoms. The highest BCUT2D eigenvalue weighted by molar-refractivity contribution is 6.33. The lowest BCUT2D eigenvalue weighted by atomic mass is 9.94. The van der Waals surface area contributed by atoms with Gasteiger partial charge in [-0.1, -0.05) is 83.9 Å². The van der Waals surface area contributed by atoms with Crippen LogP contribution in [0.4, 0.5) is 17.1 Å². The van der Waals surface area contributed by atoms with E-state index in [1.807, 2.05) is 11.5 Å². The predicted octanol–water partition coefficient (Wildman–Crippen LogP) is 6.12. The molecule has 292 valence electrons. The van der Waals surface area contributed by atoms with Crippen LogP contribution in [0.15, 0.2) is 84.9 Å². The van der Waals surface area contributed by atoms with E-state index in [1.54, 1.807) is 60.7 Å². The second kappa shape index (κ2) is 23.2. The molecule has 0 aliphatic rings. The number of amides is 3. The Kier molecular flexibility index (Phi) is 18.8. The van der Waals surface area contributed by atoms with E-state index < -0.39 is 41.8 Å². The van der Waals surface area contributed by atoms with Crippen LogP contribution >= 0.6 is 23.2 Å². The summed E-state index contributed by atoms with van der Waals surface area (Å²) in [6.07, 6.45) is -1.56. The van der Waals surface area contributed by atoms with E-state index in [9.17, 15) is 29.4 Å². The van der Waals surface area contributed by atoms with E-state index in [-0.39, 0.29) is 29.3 Å². The number of carbonyl (C=O) groups is 4. The Morgan fingerprint density at radius 2 is 1.18 bits per heavy atom. The second-order valence-corrected chi connectivity index (χ2v) is 12.8. The minimum Gasteiger partial charge on any atom is -0.481 e. The van der Waals surface area contributed by atoms with E-state index in [0.29, 0.717) is 44.3 Å². The number of nitrogens with one attached hydrogen (secondary N) is 3. The lowest BCUT2D eigenvalue weighted by Crippen LogP contribution is -2.47. The smallest absolute Gasteiger partial charge is 0.309 e. The molecule has 4 aromatic rings. The molecule has 0 unspecified atom stereocenters. The van der Waals surface area contributed by atoms with Crippen molar-refractivity contribution in [1.29, 1.82) is 5.26 Å². The van der Waals surface area contributed by atoms with Gasteiger partial charge >= 0.3 is 5.97 Å². The molecule has 57 heavy (non-hydrogen) atoms. The monoisotopic (exact) mass is 810 g/mol. The summed E-state index contributed by atoms with van der Waals surface area (Å²) in [7, 11) is 0. The Morgan fingerprint density at radius 3 is 1.56 bits per heavy atom. The molecule has 4 rings (SSSR count). The number of hydrogen-bond donors (Lipinski definition) is 7. The lowest BCUT2D eigenvalue weighted by molar-refractivity contribution is -0.145. The number of hydrazine groups is 2. The fourth-order valence-corrected chi connectivity index (χ4v) is 5.23. The molecule has 0 aliphatic carbocycles. The largest absolute Gasteiger partial charge is 0.481 e. The van der Waals surface area contributed by atoms with Gasteiger partial charge in [-0.25, -0.2) is 20.4 Å². The summed E-state index contributed by atoms with van der Waals surface area (Å²) in [5.41, 5.74) is 10.2. The molecule has 0 heterocycles. The van der Waals surface area contributed by atoms with Gasteiger partial charge in [0, 0.05) is 21.2 Å². The molecule has 0 bridgehead atoms. The molecule has 0 saturated carbocycles. The minimum absolute atomic E-state index is 0.175. The summed E-state index contributed by atoms with van der Waals surface area (Å²) in [4.78, 5) is 56.0. The Hall–Kier alpha value is -6.82. The van der Waals surface area contributed by atoms with Crippen molar-refractivity contribution < 1.29 is 34.5 Å². The number of carboxylic acid groups (broad SMARTS) is 1. The molecule has 0 saturated heterocycles. The van der Waals surface area contributed by atoms with Crippen LogP contribution in [0.5, 0.6) is 0 Å². The summed E-state index contributed by atoms with van der Waals surface area (Å²) >= 11 is 11.9. The molecule has 17 heteroatoms. The third-order valence-corrected chi connectivity index (χ3v) is 8.57. The quantitative estimate of drug-likeness (QED) is 0.0423. The molecule has 4 aromatic carbocycles. The van der Waals surface area contributed by atoms with Gasteiger partial charge in [-0.15, -0.1) is 0 Å². The highest BCUT2D eigenvalue weighted by Gasteiger charge is 2.25. The number of nitrogens with two attached hydrogens (primary N) is 1. The van der Waals surface area contributed by atoms with E-state index in [0.717, 1.165) is 0 Å². The molecule has 0 aliphatic heterocycles. The topological polar surface area (TPSA) is 228 Å². The first-order valence-electron chi connectivity index (χ1n) is 16.6. The molecule has 0 radical (unpaired) electrons. The van der Waals surface area contributed by atoms with Gasteiger partial charge in [0.1, 0.15) is 0 Å². The van der Waals surface area contributed by atoms with Crippen molar-refractivity contribution >= 4 is 64.0 Å². The highest BCUT2D eigenvalue weighted by Crippen LogP contribution is 2.28. The fourth-order valence-electron chi connectivity index (χ4n) is 4.74. The lowest BCUT2D eigenvalue weighted by Gasteiger charge is -2.20. The summed E-state index contributed by atoms with van der Waals surface area (Å²) < 4.78 is 0. The van der Waals surface area contributed by atoms with Crippen molar-refractivity contribution in [2.45, 2.75) is 38.9 Å². The molecule has 8 N–H and O–H groups in total. The van der Waals surface area contributed by atoms with Crippen LogP contribution in [-0.4, -0.2) is 51.2 Å². The van der Waals surface area contributed by atoms with Gasteiger partial charge in [-0.3, -0.25) is 35.5 Å². The molecule has 4 atom stereocenters.